The number of benzene rings is 2. The number of ether oxygens (including phenoxy) is 1. The second-order valence-corrected chi connectivity index (χ2v) is 10.5. The summed E-state index contributed by atoms with van der Waals surface area (Å²) in [5, 5.41) is 0.807. The minimum Gasteiger partial charge on any atom is -0.394 e. The normalized spacial score (nSPS) is 20.3. The summed E-state index contributed by atoms with van der Waals surface area (Å²) in [5.41, 5.74) is 13.9. The van der Waals surface area contributed by atoms with E-state index in [0.29, 0.717) is 54.3 Å². The Morgan fingerprint density at radius 1 is 1.03 bits per heavy atom. The number of morpholine rings is 1. The molecule has 0 saturated carbocycles. The molecule has 208 valence electrons. The van der Waals surface area contributed by atoms with Gasteiger partial charge in [0, 0.05) is 39.1 Å². The number of hydrogen-bond donors (Lipinski definition) is 2. The molecule has 2 aromatic rings. The van der Waals surface area contributed by atoms with Crippen LogP contribution in [0, 0.1) is 5.82 Å². The molecule has 0 aromatic heterocycles. The predicted molar refractivity (Wildman–Crippen MR) is 149 cm³/mol. The first-order valence-corrected chi connectivity index (χ1v) is 13.4. The zero-order chi connectivity index (χ0) is 28.1. The third-order valence-electron chi connectivity index (χ3n) is 7.16. The molecule has 2 atom stereocenters. The number of hydrogen-bond acceptors (Lipinski definition) is 6. The third-order valence-corrected chi connectivity index (χ3v) is 7.90. The lowest BCUT2D eigenvalue weighted by Crippen LogP contribution is -2.43. The summed E-state index contributed by atoms with van der Waals surface area (Å²) < 4.78 is 18.7. The molecule has 2 amide bonds. The lowest BCUT2D eigenvalue weighted by atomic mass is 9.93. The van der Waals surface area contributed by atoms with Crippen LogP contribution >= 0.6 is 23.2 Å². The highest BCUT2D eigenvalue weighted by atomic mass is 35.5. The Morgan fingerprint density at radius 2 is 1.72 bits per heavy atom. The highest BCUT2D eigenvalue weighted by Crippen LogP contribution is 2.34. The van der Waals surface area contributed by atoms with Gasteiger partial charge in [0.1, 0.15) is 5.82 Å². The number of allylic oxidation sites excluding steroid dienone is 2. The van der Waals surface area contributed by atoms with Crippen molar-refractivity contribution in [2.24, 2.45) is 11.5 Å². The molecule has 2 saturated heterocycles. The first kappa shape index (κ1) is 28.7. The molecule has 0 unspecified atom stereocenters. The predicted octanol–water partition coefficient (Wildman–Crippen LogP) is 3.10. The number of carbonyl (C=O) groups excluding carboxylic acids is 2. The van der Waals surface area contributed by atoms with Crippen molar-refractivity contribution >= 4 is 35.0 Å². The standard InChI is InChI=1S/C28H32Cl2FN5O3/c1-34(27(37)14-18-2-5-20(31)6-3-18)25-17-36(16-21(25)19-4-7-22(29)23(30)15-19)28(38)24(32)8-9-26(33)35-10-12-39-13-11-35/h2-9,15,21,25H,10-14,16-17,32-33H2,1H3/b24-8-,26-9+/t21-,25+/m1/s1. The minimum absolute atomic E-state index is 0.0417. The molecule has 2 heterocycles. The van der Waals surface area contributed by atoms with Crippen LogP contribution in [0.25, 0.3) is 0 Å². The van der Waals surface area contributed by atoms with Gasteiger partial charge in [-0.1, -0.05) is 41.4 Å². The van der Waals surface area contributed by atoms with E-state index < -0.39 is 0 Å². The van der Waals surface area contributed by atoms with Crippen molar-refractivity contribution in [3.05, 3.63) is 93.1 Å². The van der Waals surface area contributed by atoms with Crippen molar-refractivity contribution in [3.8, 4) is 0 Å². The number of likely N-dealkylation sites (N-methyl/N-ethyl adjacent to an activating group) is 1. The molecule has 2 fully saturated rings. The Bertz CT molecular complexity index is 1260. The summed E-state index contributed by atoms with van der Waals surface area (Å²) in [6, 6.07) is 10.8. The third kappa shape index (κ3) is 7.03. The summed E-state index contributed by atoms with van der Waals surface area (Å²) in [4.78, 5) is 31.8. The van der Waals surface area contributed by atoms with Crippen LogP contribution in [-0.2, 0) is 20.7 Å². The molecule has 0 spiro atoms. The minimum atomic E-state index is -0.364. The van der Waals surface area contributed by atoms with Gasteiger partial charge in [-0.15, -0.1) is 0 Å². The Kier molecular flexibility index (Phi) is 9.37. The lowest BCUT2D eigenvalue weighted by Gasteiger charge is -2.29. The Hall–Kier alpha value is -3.27. The summed E-state index contributed by atoms with van der Waals surface area (Å²) in [5.74, 6) is -0.596. The number of nitrogens with two attached hydrogens (primary N) is 2. The van der Waals surface area contributed by atoms with Crippen LogP contribution in [-0.4, -0.2) is 79.0 Å². The molecule has 2 aliphatic heterocycles. The second kappa shape index (κ2) is 12.7. The average Bonchev–Trinajstić information content (AvgIpc) is 3.39. The summed E-state index contributed by atoms with van der Waals surface area (Å²) >= 11 is 12.4. The van der Waals surface area contributed by atoms with Crippen LogP contribution in [0.4, 0.5) is 4.39 Å². The van der Waals surface area contributed by atoms with Crippen molar-refractivity contribution in [1.82, 2.24) is 14.7 Å². The van der Waals surface area contributed by atoms with E-state index in [-0.39, 0.29) is 48.3 Å². The van der Waals surface area contributed by atoms with E-state index in [0.717, 1.165) is 5.56 Å². The SMILES string of the molecule is CN(C(=O)Cc1ccc(F)cc1)[C@H]1CN(C(=O)/C(N)=C/C=C(\N)N2CCOCC2)C[C@@H]1c1ccc(Cl)c(Cl)c1. The highest BCUT2D eigenvalue weighted by molar-refractivity contribution is 6.42. The van der Waals surface area contributed by atoms with Gasteiger partial charge in [-0.2, -0.15) is 0 Å². The van der Waals surface area contributed by atoms with Gasteiger partial charge in [0.15, 0.2) is 0 Å². The fourth-order valence-electron chi connectivity index (χ4n) is 4.86. The molecule has 0 radical (unpaired) electrons. The Labute approximate surface area is 237 Å². The van der Waals surface area contributed by atoms with Crippen molar-refractivity contribution in [3.63, 3.8) is 0 Å². The van der Waals surface area contributed by atoms with Crippen LogP contribution in [0.3, 0.4) is 0 Å². The molecule has 2 aromatic carbocycles. The van der Waals surface area contributed by atoms with Crippen LogP contribution < -0.4 is 11.5 Å². The highest BCUT2D eigenvalue weighted by Gasteiger charge is 2.40. The van der Waals surface area contributed by atoms with Gasteiger partial charge in [0.2, 0.25) is 5.91 Å². The second-order valence-electron chi connectivity index (χ2n) is 9.68. The van der Waals surface area contributed by atoms with Crippen molar-refractivity contribution in [2.45, 2.75) is 18.4 Å². The average molecular weight is 577 g/mol. The zero-order valence-corrected chi connectivity index (χ0v) is 23.2. The van der Waals surface area contributed by atoms with E-state index in [1.165, 1.54) is 18.2 Å². The molecule has 4 N–H and O–H groups in total. The topological polar surface area (TPSA) is 105 Å². The van der Waals surface area contributed by atoms with E-state index in [1.807, 2.05) is 11.0 Å². The molecule has 8 nitrogen and oxygen atoms in total. The maximum atomic E-state index is 13.3. The van der Waals surface area contributed by atoms with Gasteiger partial charge in [-0.25, -0.2) is 4.39 Å². The largest absolute Gasteiger partial charge is 0.394 e. The number of halogens is 3. The number of likely N-dealkylation sites (tertiary alicyclic amines) is 1. The molecule has 4 rings (SSSR count). The molecule has 0 bridgehead atoms. The molecule has 2 aliphatic rings. The number of rotatable bonds is 7. The number of amides is 2. The van der Waals surface area contributed by atoms with Crippen LogP contribution in [0.15, 0.2) is 66.1 Å². The first-order valence-electron chi connectivity index (χ1n) is 12.6. The monoisotopic (exact) mass is 575 g/mol. The fraction of sp³-hybridized carbons (Fsp3) is 0.357. The maximum absolute atomic E-state index is 13.3. The van der Waals surface area contributed by atoms with Crippen LogP contribution in [0.5, 0.6) is 0 Å². The summed E-state index contributed by atoms with van der Waals surface area (Å²) in [6.07, 6.45) is 3.24. The van der Waals surface area contributed by atoms with Crippen molar-refractivity contribution in [2.75, 3.05) is 46.4 Å². The van der Waals surface area contributed by atoms with E-state index in [4.69, 9.17) is 39.4 Å². The van der Waals surface area contributed by atoms with E-state index >= 15 is 0 Å². The zero-order valence-electron chi connectivity index (χ0n) is 21.7. The Balaban J connectivity index is 1.53. The van der Waals surface area contributed by atoms with Crippen molar-refractivity contribution in [1.29, 1.82) is 0 Å². The molecule has 39 heavy (non-hydrogen) atoms. The van der Waals surface area contributed by atoms with Crippen molar-refractivity contribution < 1.29 is 18.7 Å². The van der Waals surface area contributed by atoms with Gasteiger partial charge in [-0.05, 0) is 47.5 Å². The summed E-state index contributed by atoms with van der Waals surface area (Å²) in [7, 11) is 1.71. The first-order chi connectivity index (χ1) is 18.6. The number of carbonyl (C=O) groups is 2. The van der Waals surface area contributed by atoms with Gasteiger partial charge in [-0.3, -0.25) is 9.59 Å². The van der Waals surface area contributed by atoms with E-state index in [9.17, 15) is 14.0 Å². The fourth-order valence-corrected chi connectivity index (χ4v) is 5.16. The quantitative estimate of drug-likeness (QED) is 0.388. The lowest BCUT2D eigenvalue weighted by molar-refractivity contribution is -0.132. The van der Waals surface area contributed by atoms with E-state index in [1.54, 1.807) is 47.2 Å². The smallest absolute Gasteiger partial charge is 0.269 e. The van der Waals surface area contributed by atoms with E-state index in [2.05, 4.69) is 0 Å². The molecular weight excluding hydrogens is 544 g/mol. The van der Waals surface area contributed by atoms with Gasteiger partial charge >= 0.3 is 0 Å². The van der Waals surface area contributed by atoms with Crippen LogP contribution in [0.2, 0.25) is 10.0 Å². The van der Waals surface area contributed by atoms with Gasteiger partial charge in [0.05, 0.1) is 47.2 Å². The molecule has 11 heteroatoms. The van der Waals surface area contributed by atoms with Gasteiger partial charge in [0.25, 0.3) is 5.91 Å². The Morgan fingerprint density at radius 3 is 2.38 bits per heavy atom. The van der Waals surface area contributed by atoms with Crippen LogP contribution in [0.1, 0.15) is 17.0 Å². The van der Waals surface area contributed by atoms with Gasteiger partial charge < -0.3 is 30.9 Å². The number of nitrogens with zero attached hydrogens (tertiary/aromatic N) is 3. The maximum Gasteiger partial charge on any atom is 0.269 e. The molecule has 0 aliphatic carbocycles. The summed E-state index contributed by atoms with van der Waals surface area (Å²) in [6.45, 7) is 3.11. The molecular formula is C28H32Cl2FN5O3.